The molecule has 0 radical (unpaired) electrons. The summed E-state index contributed by atoms with van der Waals surface area (Å²) in [6.45, 7) is 8.90. The lowest BCUT2D eigenvalue weighted by Crippen LogP contribution is -2.41. The summed E-state index contributed by atoms with van der Waals surface area (Å²) in [5.74, 6) is 1.11. The summed E-state index contributed by atoms with van der Waals surface area (Å²) in [5.41, 5.74) is 2.77. The molecule has 2 aromatic rings. The molecular weight excluding hydrogens is 300 g/mol. The van der Waals surface area contributed by atoms with Gasteiger partial charge in [0.1, 0.15) is 0 Å². The Morgan fingerprint density at radius 2 is 1.88 bits per heavy atom. The molecule has 0 spiro atoms. The third-order valence-corrected chi connectivity index (χ3v) is 5.52. The average Bonchev–Trinajstić information content (AvgIpc) is 3.01. The quantitative estimate of drug-likeness (QED) is 0.876. The van der Waals surface area contributed by atoms with Crippen molar-refractivity contribution in [3.63, 3.8) is 0 Å². The zero-order valence-electron chi connectivity index (χ0n) is 14.6. The van der Waals surface area contributed by atoms with E-state index in [1.54, 1.807) is 0 Å². The van der Waals surface area contributed by atoms with Crippen molar-refractivity contribution in [1.29, 1.82) is 0 Å². The van der Waals surface area contributed by atoms with Gasteiger partial charge in [-0.15, -0.1) is 0 Å². The highest BCUT2D eigenvalue weighted by Crippen LogP contribution is 2.28. The molecule has 24 heavy (non-hydrogen) atoms. The molecule has 0 atom stereocenters. The van der Waals surface area contributed by atoms with Crippen LogP contribution in [0, 0.1) is 5.92 Å². The number of hydrogen-bond acceptors (Lipinski definition) is 3. The first-order valence-electron chi connectivity index (χ1n) is 9.14. The second kappa shape index (κ2) is 6.20. The standard InChI is InChI=1S/C12H13N3O.C7H13N/c1-7(2)15-10-5-3-4-8-11(10)9(14-15)6-13-12(8)16;1-4-8-5-2-7(1)3-6-8/h3-5,7H,6H2,1-2H3,(H,13,16);7H,1-6H2. The Kier molecular flexibility index (Phi) is 4.04. The Morgan fingerprint density at radius 3 is 2.42 bits per heavy atom. The number of carbonyl (C=O) groups excluding carboxylic acids is 1. The van der Waals surface area contributed by atoms with Crippen LogP contribution < -0.4 is 5.32 Å². The van der Waals surface area contributed by atoms with Gasteiger partial charge < -0.3 is 10.2 Å². The molecular formula is C19H26N4O. The van der Waals surface area contributed by atoms with Gasteiger partial charge in [0.05, 0.1) is 23.3 Å². The van der Waals surface area contributed by atoms with Gasteiger partial charge in [-0.3, -0.25) is 9.48 Å². The van der Waals surface area contributed by atoms with Crippen molar-refractivity contribution in [2.24, 2.45) is 5.92 Å². The van der Waals surface area contributed by atoms with E-state index >= 15 is 0 Å². The second-order valence-electron chi connectivity index (χ2n) is 7.44. The maximum atomic E-state index is 11.7. The van der Waals surface area contributed by atoms with Crippen molar-refractivity contribution < 1.29 is 4.79 Å². The summed E-state index contributed by atoms with van der Waals surface area (Å²) in [4.78, 5) is 14.3. The van der Waals surface area contributed by atoms with Gasteiger partial charge in [0.15, 0.2) is 0 Å². The minimum Gasteiger partial charge on any atom is -0.346 e. The highest BCUT2D eigenvalue weighted by Gasteiger charge is 2.24. The zero-order chi connectivity index (χ0) is 16.7. The van der Waals surface area contributed by atoms with E-state index in [-0.39, 0.29) is 5.91 Å². The molecule has 5 nitrogen and oxygen atoms in total. The van der Waals surface area contributed by atoms with Gasteiger partial charge in [0.2, 0.25) is 0 Å². The largest absolute Gasteiger partial charge is 0.346 e. The van der Waals surface area contributed by atoms with Crippen LogP contribution in [-0.2, 0) is 6.54 Å². The van der Waals surface area contributed by atoms with Crippen molar-refractivity contribution >= 4 is 16.8 Å². The fourth-order valence-electron chi connectivity index (χ4n) is 4.10. The van der Waals surface area contributed by atoms with E-state index in [4.69, 9.17) is 0 Å². The number of amides is 1. The predicted molar refractivity (Wildman–Crippen MR) is 95.1 cm³/mol. The molecule has 128 valence electrons. The summed E-state index contributed by atoms with van der Waals surface area (Å²) in [6.07, 6.45) is 4.46. The molecule has 5 heterocycles. The van der Waals surface area contributed by atoms with Crippen molar-refractivity contribution in [3.05, 3.63) is 29.5 Å². The van der Waals surface area contributed by atoms with Crippen LogP contribution in [0.2, 0.25) is 0 Å². The summed E-state index contributed by atoms with van der Waals surface area (Å²) in [7, 11) is 0. The van der Waals surface area contributed by atoms with Gasteiger partial charge in [-0.25, -0.2) is 0 Å². The van der Waals surface area contributed by atoms with Crippen LogP contribution in [0.3, 0.4) is 0 Å². The Hall–Kier alpha value is -1.88. The van der Waals surface area contributed by atoms with Crippen molar-refractivity contribution in [2.75, 3.05) is 19.6 Å². The third-order valence-electron chi connectivity index (χ3n) is 5.52. The Balaban J connectivity index is 0.000000152. The van der Waals surface area contributed by atoms with Crippen LogP contribution in [0.5, 0.6) is 0 Å². The highest BCUT2D eigenvalue weighted by atomic mass is 16.1. The van der Waals surface area contributed by atoms with E-state index in [0.29, 0.717) is 12.6 Å². The van der Waals surface area contributed by atoms with Crippen LogP contribution in [-0.4, -0.2) is 40.2 Å². The molecule has 4 aliphatic rings. The summed E-state index contributed by atoms with van der Waals surface area (Å²) >= 11 is 0. The number of fused-ring (bicyclic) bond motifs is 3. The van der Waals surface area contributed by atoms with Crippen molar-refractivity contribution in [2.45, 2.75) is 45.7 Å². The topological polar surface area (TPSA) is 50.2 Å². The first-order valence-corrected chi connectivity index (χ1v) is 9.14. The molecule has 0 aliphatic carbocycles. The lowest BCUT2D eigenvalue weighted by molar-refractivity contribution is 0.0949. The van der Waals surface area contributed by atoms with Gasteiger partial charge >= 0.3 is 0 Å². The van der Waals surface area contributed by atoms with Gasteiger partial charge in [-0.1, -0.05) is 6.07 Å². The van der Waals surface area contributed by atoms with Gasteiger partial charge in [0.25, 0.3) is 5.91 Å². The number of rotatable bonds is 1. The fourth-order valence-corrected chi connectivity index (χ4v) is 4.10. The van der Waals surface area contributed by atoms with E-state index in [0.717, 1.165) is 28.1 Å². The molecule has 1 aromatic heterocycles. The molecule has 1 N–H and O–H groups in total. The van der Waals surface area contributed by atoms with Crippen LogP contribution >= 0.6 is 0 Å². The molecule has 1 aromatic carbocycles. The molecule has 0 unspecified atom stereocenters. The molecule has 2 bridgehead atoms. The van der Waals surface area contributed by atoms with Gasteiger partial charge in [-0.05, 0) is 70.8 Å². The van der Waals surface area contributed by atoms with E-state index in [2.05, 4.69) is 29.2 Å². The zero-order valence-corrected chi connectivity index (χ0v) is 14.6. The van der Waals surface area contributed by atoms with Crippen LogP contribution in [0.15, 0.2) is 18.2 Å². The lowest BCUT2D eigenvalue weighted by Gasteiger charge is -2.38. The number of piperidine rings is 3. The van der Waals surface area contributed by atoms with Gasteiger partial charge in [-0.2, -0.15) is 5.10 Å². The summed E-state index contributed by atoms with van der Waals surface area (Å²) in [6, 6.07) is 6.09. The van der Waals surface area contributed by atoms with E-state index in [9.17, 15) is 4.79 Å². The maximum absolute atomic E-state index is 11.7. The van der Waals surface area contributed by atoms with Crippen LogP contribution in [0.1, 0.15) is 55.2 Å². The first-order chi connectivity index (χ1) is 11.6. The number of nitrogens with zero attached hydrogens (tertiary/aromatic N) is 3. The lowest BCUT2D eigenvalue weighted by atomic mass is 9.89. The van der Waals surface area contributed by atoms with Crippen molar-refractivity contribution in [3.8, 4) is 0 Å². The monoisotopic (exact) mass is 326 g/mol. The van der Waals surface area contributed by atoms with E-state index in [1.165, 1.54) is 38.9 Å². The molecule has 5 heteroatoms. The Labute approximate surface area is 143 Å². The van der Waals surface area contributed by atoms with Crippen LogP contribution in [0.25, 0.3) is 10.9 Å². The van der Waals surface area contributed by atoms with E-state index in [1.807, 2.05) is 22.9 Å². The normalized spacial score (nSPS) is 24.7. The molecule has 3 saturated heterocycles. The predicted octanol–water partition coefficient (Wildman–Crippen LogP) is 2.96. The molecule has 0 saturated carbocycles. The number of carbonyl (C=O) groups is 1. The number of hydrogen-bond donors (Lipinski definition) is 1. The van der Waals surface area contributed by atoms with E-state index < -0.39 is 0 Å². The average molecular weight is 326 g/mol. The van der Waals surface area contributed by atoms with Crippen LogP contribution in [0.4, 0.5) is 0 Å². The smallest absolute Gasteiger partial charge is 0.252 e. The Morgan fingerprint density at radius 1 is 1.17 bits per heavy atom. The second-order valence-corrected chi connectivity index (χ2v) is 7.44. The number of benzene rings is 1. The number of nitrogens with one attached hydrogen (secondary N) is 1. The fraction of sp³-hybridized carbons (Fsp3) is 0.579. The molecule has 1 amide bonds. The Bertz CT molecular complexity index is 733. The third kappa shape index (κ3) is 2.71. The highest BCUT2D eigenvalue weighted by molar-refractivity contribution is 6.09. The van der Waals surface area contributed by atoms with Crippen molar-refractivity contribution in [1.82, 2.24) is 20.0 Å². The SMILES string of the molecule is C1CN2CCC1CC2.CC(C)n1nc2c3c(cccc31)C(=O)NC2. The summed E-state index contributed by atoms with van der Waals surface area (Å²) < 4.78 is 1.98. The minimum absolute atomic E-state index is 0.00130. The maximum Gasteiger partial charge on any atom is 0.252 e. The molecule has 3 fully saturated rings. The van der Waals surface area contributed by atoms with Gasteiger partial charge in [0, 0.05) is 11.4 Å². The molecule has 6 rings (SSSR count). The summed E-state index contributed by atoms with van der Waals surface area (Å²) in [5, 5.41) is 8.41. The minimum atomic E-state index is 0.00130. The molecule has 4 aliphatic heterocycles. The number of aromatic nitrogens is 2. The first kappa shape index (κ1) is 15.6.